The van der Waals surface area contributed by atoms with Crippen LogP contribution in [0.2, 0.25) is 0 Å². The maximum atomic E-state index is 11.7. The molecule has 0 aromatic heterocycles. The minimum Gasteiger partial charge on any atom is -0.480 e. The van der Waals surface area contributed by atoms with Gasteiger partial charge in [0.15, 0.2) is 0 Å². The van der Waals surface area contributed by atoms with Gasteiger partial charge in [0.05, 0.1) is 6.04 Å². The van der Waals surface area contributed by atoms with Crippen LogP contribution in [0.25, 0.3) is 0 Å². The van der Waals surface area contributed by atoms with E-state index in [9.17, 15) is 9.59 Å². The molecular formula is C11H18N2O3. The van der Waals surface area contributed by atoms with Crippen molar-refractivity contribution in [1.29, 1.82) is 0 Å². The van der Waals surface area contributed by atoms with E-state index >= 15 is 0 Å². The van der Waals surface area contributed by atoms with Crippen molar-refractivity contribution in [3.05, 3.63) is 12.7 Å². The van der Waals surface area contributed by atoms with Crippen LogP contribution < -0.4 is 5.32 Å². The number of hydrogen-bond acceptors (Lipinski definition) is 3. The summed E-state index contributed by atoms with van der Waals surface area (Å²) in [4.78, 5) is 24.4. The summed E-state index contributed by atoms with van der Waals surface area (Å²) in [6.45, 7) is 6.32. The van der Waals surface area contributed by atoms with Gasteiger partial charge in [0.25, 0.3) is 0 Å². The van der Waals surface area contributed by atoms with Crippen LogP contribution in [0.3, 0.4) is 0 Å². The zero-order chi connectivity index (χ0) is 12.1. The minimum absolute atomic E-state index is 0.145. The lowest BCUT2D eigenvalue weighted by Crippen LogP contribution is -2.49. The van der Waals surface area contributed by atoms with Gasteiger partial charge in [-0.2, -0.15) is 0 Å². The molecule has 1 aliphatic heterocycles. The number of carboxylic acids is 1. The molecule has 5 heteroatoms. The van der Waals surface area contributed by atoms with Gasteiger partial charge in [-0.25, -0.2) is 0 Å². The number of rotatable bonds is 5. The van der Waals surface area contributed by atoms with Crippen molar-refractivity contribution < 1.29 is 14.7 Å². The van der Waals surface area contributed by atoms with E-state index in [2.05, 4.69) is 11.9 Å². The first-order valence-electron chi connectivity index (χ1n) is 5.45. The zero-order valence-corrected chi connectivity index (χ0v) is 9.48. The standard InChI is InChI=1S/C11H18N2O3/c1-3-6-12-10(14)8(2)13-7-4-5-9(13)11(15)16/h3,8-9H,1,4-7H2,2H3,(H,12,14)(H,15,16). The molecule has 1 saturated heterocycles. The third kappa shape index (κ3) is 2.82. The van der Waals surface area contributed by atoms with Crippen molar-refractivity contribution in [3.63, 3.8) is 0 Å². The first kappa shape index (κ1) is 12.7. The molecular weight excluding hydrogens is 208 g/mol. The van der Waals surface area contributed by atoms with Gasteiger partial charge in [0.1, 0.15) is 6.04 Å². The van der Waals surface area contributed by atoms with Crippen LogP contribution in [0.5, 0.6) is 0 Å². The van der Waals surface area contributed by atoms with Crippen LogP contribution in [-0.4, -0.2) is 47.1 Å². The lowest BCUT2D eigenvalue weighted by atomic mass is 10.2. The van der Waals surface area contributed by atoms with E-state index in [0.29, 0.717) is 19.5 Å². The summed E-state index contributed by atoms with van der Waals surface area (Å²) in [5, 5.41) is 11.7. The first-order valence-corrected chi connectivity index (χ1v) is 5.45. The molecule has 2 N–H and O–H groups in total. The van der Waals surface area contributed by atoms with Crippen LogP contribution in [0.15, 0.2) is 12.7 Å². The largest absolute Gasteiger partial charge is 0.480 e. The van der Waals surface area contributed by atoms with E-state index < -0.39 is 18.1 Å². The molecule has 1 amide bonds. The SMILES string of the molecule is C=CCNC(=O)C(C)N1CCCC1C(=O)O. The summed E-state index contributed by atoms with van der Waals surface area (Å²) in [5.41, 5.74) is 0. The molecule has 0 saturated carbocycles. The highest BCUT2D eigenvalue weighted by molar-refractivity contribution is 5.83. The fourth-order valence-electron chi connectivity index (χ4n) is 1.99. The Bertz CT molecular complexity index is 291. The quantitative estimate of drug-likeness (QED) is 0.658. The summed E-state index contributed by atoms with van der Waals surface area (Å²) < 4.78 is 0. The van der Waals surface area contributed by atoms with Gasteiger partial charge in [-0.05, 0) is 26.3 Å². The van der Waals surface area contributed by atoms with Crippen LogP contribution in [0.4, 0.5) is 0 Å². The van der Waals surface area contributed by atoms with Gasteiger partial charge in [-0.15, -0.1) is 6.58 Å². The number of likely N-dealkylation sites (tertiary alicyclic amines) is 1. The van der Waals surface area contributed by atoms with Crippen LogP contribution in [0.1, 0.15) is 19.8 Å². The Morgan fingerprint density at radius 2 is 2.38 bits per heavy atom. The Kier molecular flexibility index (Phi) is 4.49. The second-order valence-corrected chi connectivity index (χ2v) is 3.94. The monoisotopic (exact) mass is 226 g/mol. The van der Waals surface area contributed by atoms with Crippen molar-refractivity contribution in [2.24, 2.45) is 0 Å². The topological polar surface area (TPSA) is 69.6 Å². The second-order valence-electron chi connectivity index (χ2n) is 3.94. The Hall–Kier alpha value is -1.36. The highest BCUT2D eigenvalue weighted by atomic mass is 16.4. The molecule has 5 nitrogen and oxygen atoms in total. The van der Waals surface area contributed by atoms with Crippen LogP contribution in [-0.2, 0) is 9.59 Å². The molecule has 16 heavy (non-hydrogen) atoms. The van der Waals surface area contributed by atoms with Gasteiger partial charge in [0, 0.05) is 6.54 Å². The Morgan fingerprint density at radius 1 is 1.69 bits per heavy atom. The fraction of sp³-hybridized carbons (Fsp3) is 0.636. The number of aliphatic carboxylic acids is 1. The number of nitrogens with zero attached hydrogens (tertiary/aromatic N) is 1. The summed E-state index contributed by atoms with van der Waals surface area (Å²) in [6, 6.07) is -0.923. The molecule has 1 aliphatic rings. The molecule has 0 aromatic rings. The van der Waals surface area contributed by atoms with Gasteiger partial charge in [-0.1, -0.05) is 6.08 Å². The second kappa shape index (κ2) is 5.65. The Labute approximate surface area is 95.1 Å². The molecule has 0 spiro atoms. The Morgan fingerprint density at radius 3 is 2.94 bits per heavy atom. The minimum atomic E-state index is -0.846. The number of carbonyl (C=O) groups is 2. The van der Waals surface area contributed by atoms with E-state index in [4.69, 9.17) is 5.11 Å². The molecule has 0 aliphatic carbocycles. The molecule has 0 aromatic carbocycles. The highest BCUT2D eigenvalue weighted by Crippen LogP contribution is 2.20. The van der Waals surface area contributed by atoms with Crippen LogP contribution in [0, 0.1) is 0 Å². The zero-order valence-electron chi connectivity index (χ0n) is 9.48. The molecule has 90 valence electrons. The highest BCUT2D eigenvalue weighted by Gasteiger charge is 2.35. The van der Waals surface area contributed by atoms with E-state index in [1.54, 1.807) is 17.9 Å². The smallest absolute Gasteiger partial charge is 0.320 e. The maximum Gasteiger partial charge on any atom is 0.320 e. The summed E-state index contributed by atoms with van der Waals surface area (Å²) in [5.74, 6) is -0.992. The average Bonchev–Trinajstić information content (AvgIpc) is 2.73. The van der Waals surface area contributed by atoms with Gasteiger partial charge in [-0.3, -0.25) is 14.5 Å². The lowest BCUT2D eigenvalue weighted by molar-refractivity contribution is -0.143. The van der Waals surface area contributed by atoms with E-state index in [1.165, 1.54) is 0 Å². The van der Waals surface area contributed by atoms with Crippen molar-refractivity contribution >= 4 is 11.9 Å². The number of nitrogens with one attached hydrogen (secondary N) is 1. The van der Waals surface area contributed by atoms with Gasteiger partial charge < -0.3 is 10.4 Å². The summed E-state index contributed by atoms with van der Waals surface area (Å²) in [7, 11) is 0. The molecule has 2 unspecified atom stereocenters. The molecule has 2 atom stereocenters. The number of carbonyl (C=O) groups excluding carboxylic acids is 1. The normalized spacial score (nSPS) is 22.7. The average molecular weight is 226 g/mol. The van der Waals surface area contributed by atoms with Crippen molar-refractivity contribution in [2.75, 3.05) is 13.1 Å². The number of amides is 1. The first-order chi connectivity index (χ1) is 7.57. The fourth-order valence-corrected chi connectivity index (χ4v) is 1.99. The summed E-state index contributed by atoms with van der Waals surface area (Å²) in [6.07, 6.45) is 3.05. The molecule has 1 heterocycles. The third-order valence-corrected chi connectivity index (χ3v) is 2.88. The van der Waals surface area contributed by atoms with E-state index in [1.807, 2.05) is 0 Å². The van der Waals surface area contributed by atoms with Gasteiger partial charge in [0.2, 0.25) is 5.91 Å². The maximum absolute atomic E-state index is 11.7. The van der Waals surface area contributed by atoms with E-state index in [-0.39, 0.29) is 5.91 Å². The predicted molar refractivity (Wildman–Crippen MR) is 60.0 cm³/mol. The lowest BCUT2D eigenvalue weighted by Gasteiger charge is -2.27. The molecule has 1 fully saturated rings. The van der Waals surface area contributed by atoms with Crippen molar-refractivity contribution in [2.45, 2.75) is 31.8 Å². The number of hydrogen-bond donors (Lipinski definition) is 2. The molecule has 0 bridgehead atoms. The van der Waals surface area contributed by atoms with Crippen molar-refractivity contribution in [1.82, 2.24) is 10.2 Å². The Balaban J connectivity index is 2.58. The summed E-state index contributed by atoms with van der Waals surface area (Å²) >= 11 is 0. The van der Waals surface area contributed by atoms with Gasteiger partial charge >= 0.3 is 5.97 Å². The van der Waals surface area contributed by atoms with E-state index in [0.717, 1.165) is 6.42 Å². The molecule has 0 radical (unpaired) electrons. The molecule has 1 rings (SSSR count). The number of carboxylic acid groups (broad SMARTS) is 1. The van der Waals surface area contributed by atoms with Crippen molar-refractivity contribution in [3.8, 4) is 0 Å². The third-order valence-electron chi connectivity index (χ3n) is 2.88. The van der Waals surface area contributed by atoms with Crippen LogP contribution >= 0.6 is 0 Å². The predicted octanol–water partition coefficient (Wildman–Crippen LogP) is 0.226.